The number of rotatable bonds is 7. The molecule has 1 atom stereocenters. The van der Waals surface area contributed by atoms with E-state index < -0.39 is 12.2 Å². The monoisotopic (exact) mass is 285 g/mol. The van der Waals surface area contributed by atoms with E-state index in [-0.39, 0.29) is 0 Å². The molecule has 1 aromatic rings. The maximum absolute atomic E-state index is 11.2. The van der Waals surface area contributed by atoms with Gasteiger partial charge in [-0.3, -0.25) is 0 Å². The third kappa shape index (κ3) is 6.45. The molecule has 0 aliphatic heterocycles. The van der Waals surface area contributed by atoms with Gasteiger partial charge in [0.2, 0.25) is 0 Å². The van der Waals surface area contributed by atoms with Crippen molar-refractivity contribution in [1.82, 2.24) is 5.32 Å². The summed E-state index contributed by atoms with van der Waals surface area (Å²) in [5, 5.41) is 13.1. The van der Waals surface area contributed by atoms with Crippen LogP contribution in [0.3, 0.4) is 0 Å². The van der Waals surface area contributed by atoms with Gasteiger partial charge in [-0.1, -0.05) is 37.1 Å². The SMILES string of the molecule is CCCCOC(=O)NCCC(O)c1ccc(Cl)cc1. The molecule has 0 bridgehead atoms. The number of carbonyl (C=O) groups excluding carboxylic acids is 1. The number of benzene rings is 1. The third-order valence-corrected chi connectivity index (χ3v) is 2.92. The maximum Gasteiger partial charge on any atom is 0.407 e. The van der Waals surface area contributed by atoms with E-state index in [0.29, 0.717) is 24.6 Å². The van der Waals surface area contributed by atoms with E-state index in [4.69, 9.17) is 16.3 Å². The van der Waals surface area contributed by atoms with Crippen molar-refractivity contribution in [3.8, 4) is 0 Å². The minimum atomic E-state index is -0.617. The maximum atomic E-state index is 11.2. The number of halogens is 1. The molecule has 4 nitrogen and oxygen atoms in total. The van der Waals surface area contributed by atoms with Crippen molar-refractivity contribution in [2.24, 2.45) is 0 Å². The van der Waals surface area contributed by atoms with Gasteiger partial charge >= 0.3 is 6.09 Å². The van der Waals surface area contributed by atoms with Crippen molar-refractivity contribution in [3.05, 3.63) is 34.9 Å². The highest BCUT2D eigenvalue weighted by Gasteiger charge is 2.08. The van der Waals surface area contributed by atoms with Crippen LogP contribution in [-0.4, -0.2) is 24.4 Å². The minimum Gasteiger partial charge on any atom is -0.450 e. The molecule has 5 heteroatoms. The van der Waals surface area contributed by atoms with Crippen LogP contribution in [0, 0.1) is 0 Å². The second-order valence-corrected chi connectivity index (χ2v) is 4.71. The first kappa shape index (κ1) is 15.8. The lowest BCUT2D eigenvalue weighted by Gasteiger charge is -2.12. The van der Waals surface area contributed by atoms with E-state index in [1.165, 1.54) is 0 Å². The quantitative estimate of drug-likeness (QED) is 0.756. The van der Waals surface area contributed by atoms with Gasteiger partial charge in [-0.25, -0.2) is 4.79 Å². The summed E-state index contributed by atoms with van der Waals surface area (Å²) < 4.78 is 4.94. The zero-order chi connectivity index (χ0) is 14.1. The van der Waals surface area contributed by atoms with Crippen LogP contribution in [0.25, 0.3) is 0 Å². The van der Waals surface area contributed by atoms with E-state index in [0.717, 1.165) is 18.4 Å². The molecular formula is C14H20ClNO3. The van der Waals surface area contributed by atoms with Crippen LogP contribution in [0.15, 0.2) is 24.3 Å². The predicted octanol–water partition coefficient (Wildman–Crippen LogP) is 3.29. The highest BCUT2D eigenvalue weighted by Crippen LogP contribution is 2.18. The summed E-state index contributed by atoms with van der Waals surface area (Å²) in [6.45, 7) is 2.83. The number of nitrogens with one attached hydrogen (secondary N) is 1. The molecule has 0 fully saturated rings. The van der Waals surface area contributed by atoms with Gasteiger partial charge in [0.15, 0.2) is 0 Å². The summed E-state index contributed by atoms with van der Waals surface area (Å²) >= 11 is 5.77. The Balaban J connectivity index is 2.21. The van der Waals surface area contributed by atoms with Crippen LogP contribution in [0.5, 0.6) is 0 Å². The Hall–Kier alpha value is -1.26. The molecule has 1 rings (SSSR count). The molecular weight excluding hydrogens is 266 g/mol. The number of hydrogen-bond donors (Lipinski definition) is 2. The van der Waals surface area contributed by atoms with E-state index in [9.17, 15) is 9.90 Å². The first-order valence-corrected chi connectivity index (χ1v) is 6.85. The van der Waals surface area contributed by atoms with Gasteiger partial charge < -0.3 is 15.2 Å². The topological polar surface area (TPSA) is 58.6 Å². The van der Waals surface area contributed by atoms with Crippen LogP contribution < -0.4 is 5.32 Å². The van der Waals surface area contributed by atoms with E-state index >= 15 is 0 Å². The zero-order valence-corrected chi connectivity index (χ0v) is 11.8. The normalized spacial score (nSPS) is 11.9. The summed E-state index contributed by atoms with van der Waals surface area (Å²) in [4.78, 5) is 11.2. The number of amides is 1. The Kier molecular flexibility index (Phi) is 7.30. The second kappa shape index (κ2) is 8.77. The van der Waals surface area contributed by atoms with Gasteiger partial charge in [0.25, 0.3) is 0 Å². The lowest BCUT2D eigenvalue weighted by Crippen LogP contribution is -2.26. The van der Waals surface area contributed by atoms with E-state index in [1.54, 1.807) is 24.3 Å². The molecule has 0 heterocycles. The molecule has 0 saturated heterocycles. The van der Waals surface area contributed by atoms with Crippen molar-refractivity contribution in [1.29, 1.82) is 0 Å². The van der Waals surface area contributed by atoms with Gasteiger partial charge in [0, 0.05) is 11.6 Å². The Bertz CT molecular complexity index is 381. The molecule has 2 N–H and O–H groups in total. The lowest BCUT2D eigenvalue weighted by molar-refractivity contribution is 0.138. The van der Waals surface area contributed by atoms with E-state index in [2.05, 4.69) is 5.32 Å². The molecule has 1 unspecified atom stereocenters. The molecule has 0 saturated carbocycles. The van der Waals surface area contributed by atoms with Crippen LogP contribution in [0.1, 0.15) is 37.9 Å². The number of aliphatic hydroxyl groups is 1. The minimum absolute atomic E-state index is 0.370. The Morgan fingerprint density at radius 1 is 1.42 bits per heavy atom. The highest BCUT2D eigenvalue weighted by molar-refractivity contribution is 6.30. The van der Waals surface area contributed by atoms with Gasteiger partial charge in [-0.05, 0) is 30.5 Å². The summed E-state index contributed by atoms with van der Waals surface area (Å²) in [6, 6.07) is 7.00. The fourth-order valence-electron chi connectivity index (χ4n) is 1.52. The van der Waals surface area contributed by atoms with Crippen molar-refractivity contribution < 1.29 is 14.6 Å². The molecule has 0 aliphatic carbocycles. The van der Waals surface area contributed by atoms with Gasteiger partial charge in [-0.2, -0.15) is 0 Å². The molecule has 0 aromatic heterocycles. The van der Waals surface area contributed by atoms with Crippen LogP contribution in [-0.2, 0) is 4.74 Å². The average Bonchev–Trinajstić information content (AvgIpc) is 2.39. The third-order valence-electron chi connectivity index (χ3n) is 2.67. The summed E-state index contributed by atoms with van der Waals surface area (Å²) in [5.74, 6) is 0. The fourth-order valence-corrected chi connectivity index (χ4v) is 1.65. The average molecular weight is 286 g/mol. The van der Waals surface area contributed by atoms with Crippen LogP contribution >= 0.6 is 11.6 Å². The first-order valence-electron chi connectivity index (χ1n) is 6.47. The summed E-state index contributed by atoms with van der Waals surface area (Å²) in [7, 11) is 0. The fraction of sp³-hybridized carbons (Fsp3) is 0.500. The molecule has 106 valence electrons. The number of aliphatic hydroxyl groups excluding tert-OH is 1. The molecule has 0 radical (unpaired) electrons. The first-order chi connectivity index (χ1) is 9.13. The van der Waals surface area contributed by atoms with E-state index in [1.807, 2.05) is 6.92 Å². The number of hydrogen-bond acceptors (Lipinski definition) is 3. The molecule has 0 aliphatic rings. The van der Waals surface area contributed by atoms with Gasteiger partial charge in [-0.15, -0.1) is 0 Å². The van der Waals surface area contributed by atoms with Crippen molar-refractivity contribution in [2.75, 3.05) is 13.2 Å². The highest BCUT2D eigenvalue weighted by atomic mass is 35.5. The largest absolute Gasteiger partial charge is 0.450 e. The number of carbonyl (C=O) groups is 1. The molecule has 1 amide bonds. The lowest BCUT2D eigenvalue weighted by atomic mass is 10.1. The Morgan fingerprint density at radius 3 is 2.74 bits per heavy atom. The Labute approximate surface area is 118 Å². The molecule has 1 aromatic carbocycles. The molecule has 0 spiro atoms. The molecule has 19 heavy (non-hydrogen) atoms. The number of ether oxygens (including phenoxy) is 1. The van der Waals surface area contributed by atoms with Crippen LogP contribution in [0.4, 0.5) is 4.79 Å². The smallest absolute Gasteiger partial charge is 0.407 e. The summed E-state index contributed by atoms with van der Waals surface area (Å²) in [6.07, 6.45) is 1.23. The van der Waals surface area contributed by atoms with Crippen LogP contribution in [0.2, 0.25) is 5.02 Å². The number of unbranched alkanes of at least 4 members (excludes halogenated alkanes) is 1. The summed E-state index contributed by atoms with van der Waals surface area (Å²) in [5.41, 5.74) is 0.783. The van der Waals surface area contributed by atoms with Gasteiger partial charge in [0.1, 0.15) is 0 Å². The van der Waals surface area contributed by atoms with Gasteiger partial charge in [0.05, 0.1) is 12.7 Å². The standard InChI is InChI=1S/C14H20ClNO3/c1-2-3-10-19-14(18)16-9-8-13(17)11-4-6-12(15)7-5-11/h4-7,13,17H,2-3,8-10H2,1H3,(H,16,18). The van der Waals surface area contributed by atoms with Crippen molar-refractivity contribution in [3.63, 3.8) is 0 Å². The van der Waals surface area contributed by atoms with Crippen molar-refractivity contribution in [2.45, 2.75) is 32.3 Å². The van der Waals surface area contributed by atoms with Crippen molar-refractivity contribution >= 4 is 17.7 Å². The second-order valence-electron chi connectivity index (χ2n) is 4.27. The zero-order valence-electron chi connectivity index (χ0n) is 11.1. The number of alkyl carbamates (subject to hydrolysis) is 1. The predicted molar refractivity (Wildman–Crippen MR) is 75.3 cm³/mol. The Morgan fingerprint density at radius 2 is 2.11 bits per heavy atom.